The van der Waals surface area contributed by atoms with Crippen LogP contribution in [0.4, 0.5) is 8.78 Å². The number of halogens is 2. The van der Waals surface area contributed by atoms with Crippen molar-refractivity contribution < 1.29 is 33.3 Å². The van der Waals surface area contributed by atoms with Gasteiger partial charge in [-0.2, -0.15) is 0 Å². The second kappa shape index (κ2) is 8.67. The standard InChI is InChI=1S/C22H23F2NO5/c23-13-2-5-19-12(7-13)1-4-21(29-19)17(27)10-25-11-18(28)22-9-16(26)15-8-14(24)3-6-20(15)30-22/h2-3,5-8,17-18,21-22,25,27-28H,1,4,9-11H2. The molecule has 0 aliphatic carbocycles. The van der Waals surface area contributed by atoms with Crippen LogP contribution in [0.15, 0.2) is 36.4 Å². The molecular formula is C22H23F2NO5. The van der Waals surface area contributed by atoms with Gasteiger partial charge in [0, 0.05) is 13.1 Å². The van der Waals surface area contributed by atoms with Crippen LogP contribution in [0.2, 0.25) is 0 Å². The third kappa shape index (κ3) is 4.45. The molecule has 2 aromatic carbocycles. The first-order valence-corrected chi connectivity index (χ1v) is 9.92. The number of carbonyl (C=O) groups is 1. The van der Waals surface area contributed by atoms with Crippen LogP contribution in [0.25, 0.3) is 0 Å². The smallest absolute Gasteiger partial charge is 0.170 e. The first kappa shape index (κ1) is 20.7. The summed E-state index contributed by atoms with van der Waals surface area (Å²) in [5, 5.41) is 23.8. The monoisotopic (exact) mass is 419 g/mol. The number of aliphatic hydroxyl groups is 2. The molecule has 4 rings (SSSR count). The summed E-state index contributed by atoms with van der Waals surface area (Å²) in [6.45, 7) is 0.265. The van der Waals surface area contributed by atoms with Crippen LogP contribution in [0, 0.1) is 11.6 Å². The Morgan fingerprint density at radius 3 is 2.37 bits per heavy atom. The van der Waals surface area contributed by atoms with Crippen molar-refractivity contribution in [3.63, 3.8) is 0 Å². The molecule has 4 unspecified atom stereocenters. The van der Waals surface area contributed by atoms with Gasteiger partial charge in [0.05, 0.1) is 12.0 Å². The Morgan fingerprint density at radius 2 is 1.60 bits per heavy atom. The van der Waals surface area contributed by atoms with Crippen molar-refractivity contribution >= 4 is 5.78 Å². The SMILES string of the molecule is O=C1CC(C(O)CNCC(O)C2CCc3cc(F)ccc3O2)Oc2ccc(F)cc21. The minimum absolute atomic E-state index is 0.0546. The molecule has 2 heterocycles. The first-order valence-electron chi connectivity index (χ1n) is 9.92. The number of aliphatic hydroxyl groups excluding tert-OH is 2. The number of ketones is 1. The lowest BCUT2D eigenvalue weighted by Gasteiger charge is -2.31. The Hall–Kier alpha value is -2.55. The molecule has 0 bridgehead atoms. The topological polar surface area (TPSA) is 88.0 Å². The van der Waals surface area contributed by atoms with Crippen molar-refractivity contribution in [2.75, 3.05) is 13.1 Å². The maximum absolute atomic E-state index is 13.3. The number of hydrogen-bond donors (Lipinski definition) is 3. The minimum atomic E-state index is -0.990. The molecule has 0 radical (unpaired) electrons. The van der Waals surface area contributed by atoms with E-state index in [1.165, 1.54) is 24.3 Å². The second-order valence-electron chi connectivity index (χ2n) is 7.66. The molecule has 160 valence electrons. The predicted molar refractivity (Wildman–Crippen MR) is 104 cm³/mol. The van der Waals surface area contributed by atoms with Gasteiger partial charge in [0.1, 0.15) is 47.5 Å². The molecule has 6 nitrogen and oxygen atoms in total. The molecule has 3 N–H and O–H groups in total. The molecule has 4 atom stereocenters. The average molecular weight is 419 g/mol. The van der Waals surface area contributed by atoms with E-state index in [0.29, 0.717) is 18.6 Å². The van der Waals surface area contributed by atoms with E-state index in [9.17, 15) is 23.8 Å². The van der Waals surface area contributed by atoms with Crippen LogP contribution in [0.5, 0.6) is 11.5 Å². The molecule has 8 heteroatoms. The normalized spacial score (nSPS) is 22.3. The third-order valence-electron chi connectivity index (χ3n) is 5.47. The molecule has 2 aliphatic heterocycles. The summed E-state index contributed by atoms with van der Waals surface area (Å²) in [5.41, 5.74) is 0.956. The Morgan fingerprint density at radius 1 is 0.967 bits per heavy atom. The van der Waals surface area contributed by atoms with Gasteiger partial charge in [-0.1, -0.05) is 0 Å². The summed E-state index contributed by atoms with van der Waals surface area (Å²) in [4.78, 5) is 12.2. The van der Waals surface area contributed by atoms with Gasteiger partial charge in [0.2, 0.25) is 0 Å². The van der Waals surface area contributed by atoms with E-state index in [1.54, 1.807) is 6.07 Å². The van der Waals surface area contributed by atoms with Gasteiger partial charge >= 0.3 is 0 Å². The number of aryl methyl sites for hydroxylation is 1. The van der Waals surface area contributed by atoms with Gasteiger partial charge < -0.3 is 25.0 Å². The molecular weight excluding hydrogens is 396 g/mol. The Bertz CT molecular complexity index is 938. The number of hydrogen-bond acceptors (Lipinski definition) is 6. The number of carbonyl (C=O) groups excluding carboxylic acids is 1. The summed E-state index contributed by atoms with van der Waals surface area (Å²) in [6, 6.07) is 8.02. The molecule has 0 spiro atoms. The van der Waals surface area contributed by atoms with E-state index < -0.39 is 30.2 Å². The highest BCUT2D eigenvalue weighted by Crippen LogP contribution is 2.30. The van der Waals surface area contributed by atoms with Crippen molar-refractivity contribution in [2.45, 2.75) is 43.7 Å². The van der Waals surface area contributed by atoms with Gasteiger partial charge in [-0.05, 0) is 54.8 Å². The third-order valence-corrected chi connectivity index (χ3v) is 5.47. The summed E-state index contributed by atoms with van der Waals surface area (Å²) >= 11 is 0. The van der Waals surface area contributed by atoms with Crippen molar-refractivity contribution in [3.8, 4) is 11.5 Å². The average Bonchev–Trinajstić information content (AvgIpc) is 2.73. The highest BCUT2D eigenvalue weighted by Gasteiger charge is 2.32. The Labute approximate surface area is 172 Å². The van der Waals surface area contributed by atoms with Crippen LogP contribution < -0.4 is 14.8 Å². The quantitative estimate of drug-likeness (QED) is 0.664. The van der Waals surface area contributed by atoms with Crippen LogP contribution in [0.3, 0.4) is 0 Å². The highest BCUT2D eigenvalue weighted by atomic mass is 19.1. The fourth-order valence-electron chi connectivity index (χ4n) is 3.83. The van der Waals surface area contributed by atoms with Crippen LogP contribution >= 0.6 is 0 Å². The highest BCUT2D eigenvalue weighted by molar-refractivity contribution is 5.99. The van der Waals surface area contributed by atoms with Crippen LogP contribution in [-0.4, -0.2) is 53.5 Å². The molecule has 0 saturated heterocycles. The number of ether oxygens (including phenoxy) is 2. The lowest BCUT2D eigenvalue weighted by Crippen LogP contribution is -2.47. The van der Waals surface area contributed by atoms with Crippen molar-refractivity contribution in [3.05, 3.63) is 59.2 Å². The largest absolute Gasteiger partial charge is 0.487 e. The zero-order valence-corrected chi connectivity index (χ0v) is 16.2. The zero-order chi connectivity index (χ0) is 21.3. The van der Waals surface area contributed by atoms with E-state index in [0.717, 1.165) is 11.6 Å². The fourth-order valence-corrected chi connectivity index (χ4v) is 3.83. The summed E-state index contributed by atoms with van der Waals surface area (Å²) in [7, 11) is 0. The van der Waals surface area contributed by atoms with E-state index in [4.69, 9.17) is 9.47 Å². The maximum Gasteiger partial charge on any atom is 0.170 e. The van der Waals surface area contributed by atoms with Gasteiger partial charge in [-0.25, -0.2) is 8.78 Å². The Kier molecular flexibility index (Phi) is 5.99. The van der Waals surface area contributed by atoms with Crippen LogP contribution in [0.1, 0.15) is 28.8 Å². The van der Waals surface area contributed by atoms with Gasteiger partial charge in [-0.15, -0.1) is 0 Å². The molecule has 0 saturated carbocycles. The Balaban J connectivity index is 1.27. The van der Waals surface area contributed by atoms with E-state index in [2.05, 4.69) is 5.32 Å². The van der Waals surface area contributed by atoms with Crippen molar-refractivity contribution in [1.29, 1.82) is 0 Å². The number of Topliss-reactive ketones (excluding diaryl/α,β-unsaturated/α-hetero) is 1. The predicted octanol–water partition coefficient (Wildman–Crippen LogP) is 2.00. The second-order valence-corrected chi connectivity index (χ2v) is 7.66. The zero-order valence-electron chi connectivity index (χ0n) is 16.2. The summed E-state index contributed by atoms with van der Waals surface area (Å²) in [5.74, 6) is -0.301. The van der Waals surface area contributed by atoms with E-state index in [-0.39, 0.29) is 42.4 Å². The van der Waals surface area contributed by atoms with Crippen LogP contribution in [-0.2, 0) is 6.42 Å². The number of rotatable bonds is 6. The molecule has 30 heavy (non-hydrogen) atoms. The molecule has 0 aromatic heterocycles. The molecule has 0 fully saturated rings. The van der Waals surface area contributed by atoms with Gasteiger partial charge in [0.25, 0.3) is 0 Å². The van der Waals surface area contributed by atoms with Crippen molar-refractivity contribution in [1.82, 2.24) is 5.32 Å². The molecule has 0 amide bonds. The number of benzene rings is 2. The lowest BCUT2D eigenvalue weighted by atomic mass is 9.97. The minimum Gasteiger partial charge on any atom is -0.487 e. The van der Waals surface area contributed by atoms with Crippen molar-refractivity contribution in [2.24, 2.45) is 0 Å². The summed E-state index contributed by atoms with van der Waals surface area (Å²) in [6.07, 6.45) is -1.91. The van der Waals surface area contributed by atoms with E-state index in [1.807, 2.05) is 0 Å². The van der Waals surface area contributed by atoms with Gasteiger partial charge in [-0.3, -0.25) is 4.79 Å². The maximum atomic E-state index is 13.3. The molecule has 2 aromatic rings. The lowest BCUT2D eigenvalue weighted by molar-refractivity contribution is 0.00974. The molecule has 2 aliphatic rings. The fraction of sp³-hybridized carbons (Fsp3) is 0.409. The van der Waals surface area contributed by atoms with Gasteiger partial charge in [0.15, 0.2) is 5.78 Å². The first-order chi connectivity index (χ1) is 14.4. The number of fused-ring (bicyclic) bond motifs is 2. The number of nitrogens with one attached hydrogen (secondary N) is 1. The summed E-state index contributed by atoms with van der Waals surface area (Å²) < 4.78 is 38.0. The van der Waals surface area contributed by atoms with E-state index >= 15 is 0 Å².